The standard InChI is InChI=1S/C20H21N3OS/c24-19(10-16-11-23-6-3-13(16)4-7-23)20-17-9-14(15-5-8-25-12-15)1-2-18(17)21-22-20/h1-2,5,8-9,12-13,16H,3-4,6-7,10-11H2,(H,21,22)/t16-/m0/s1. The summed E-state index contributed by atoms with van der Waals surface area (Å²) in [7, 11) is 0. The molecule has 0 spiro atoms. The zero-order valence-corrected chi connectivity index (χ0v) is 14.9. The summed E-state index contributed by atoms with van der Waals surface area (Å²) in [6, 6.07) is 8.33. The Morgan fingerprint density at radius 1 is 1.24 bits per heavy atom. The number of nitrogens with zero attached hydrogens (tertiary/aromatic N) is 2. The van der Waals surface area contributed by atoms with Crippen LogP contribution in [0.15, 0.2) is 35.0 Å². The Morgan fingerprint density at radius 3 is 2.84 bits per heavy atom. The lowest BCUT2D eigenvalue weighted by Gasteiger charge is -2.44. The van der Waals surface area contributed by atoms with E-state index >= 15 is 0 Å². The van der Waals surface area contributed by atoms with E-state index in [0.717, 1.165) is 28.9 Å². The lowest BCUT2D eigenvalue weighted by molar-refractivity contribution is 0.0440. The average molecular weight is 351 g/mol. The SMILES string of the molecule is O=C(C[C@H]1CN2CCC1CC2)c1n[nH]c2ccc(-c3ccsc3)cc12. The number of hydrogen-bond acceptors (Lipinski definition) is 4. The highest BCUT2D eigenvalue weighted by Crippen LogP contribution is 2.35. The van der Waals surface area contributed by atoms with Crippen LogP contribution in [0.5, 0.6) is 0 Å². The number of Topliss-reactive ketones (excluding diaryl/α,β-unsaturated/α-hetero) is 1. The molecule has 128 valence electrons. The third-order valence-corrected chi connectivity index (χ3v) is 6.60. The maximum atomic E-state index is 13.0. The predicted molar refractivity (Wildman–Crippen MR) is 101 cm³/mol. The second-order valence-electron chi connectivity index (χ2n) is 7.37. The van der Waals surface area contributed by atoms with E-state index in [0.29, 0.717) is 18.0 Å². The lowest BCUT2D eigenvalue weighted by atomic mass is 9.76. The first-order valence-corrected chi connectivity index (χ1v) is 9.98. The molecule has 1 atom stereocenters. The molecule has 25 heavy (non-hydrogen) atoms. The minimum Gasteiger partial charge on any atom is -0.303 e. The van der Waals surface area contributed by atoms with E-state index in [1.807, 2.05) is 6.07 Å². The van der Waals surface area contributed by atoms with Gasteiger partial charge >= 0.3 is 0 Å². The zero-order chi connectivity index (χ0) is 16.8. The largest absolute Gasteiger partial charge is 0.303 e. The Morgan fingerprint density at radius 2 is 2.12 bits per heavy atom. The van der Waals surface area contributed by atoms with E-state index in [9.17, 15) is 4.79 Å². The molecule has 3 saturated heterocycles. The van der Waals surface area contributed by atoms with Crippen molar-refractivity contribution < 1.29 is 4.79 Å². The number of aromatic nitrogens is 2. The number of carbonyl (C=O) groups is 1. The van der Waals surface area contributed by atoms with Crippen molar-refractivity contribution >= 4 is 28.0 Å². The Bertz CT molecular complexity index is 906. The van der Waals surface area contributed by atoms with E-state index in [1.165, 1.54) is 31.5 Å². The van der Waals surface area contributed by atoms with Gasteiger partial charge in [-0.1, -0.05) is 6.07 Å². The van der Waals surface area contributed by atoms with Crippen LogP contribution in [0.25, 0.3) is 22.0 Å². The van der Waals surface area contributed by atoms with Gasteiger partial charge in [-0.25, -0.2) is 0 Å². The van der Waals surface area contributed by atoms with Crippen molar-refractivity contribution in [2.45, 2.75) is 19.3 Å². The van der Waals surface area contributed by atoms with Crippen LogP contribution in [0, 0.1) is 11.8 Å². The van der Waals surface area contributed by atoms with Crippen LogP contribution < -0.4 is 0 Å². The van der Waals surface area contributed by atoms with Gasteiger partial charge in [0.1, 0.15) is 5.69 Å². The molecule has 0 saturated carbocycles. The number of benzene rings is 1. The minimum atomic E-state index is 0.187. The van der Waals surface area contributed by atoms with Gasteiger partial charge in [0.2, 0.25) is 0 Å². The van der Waals surface area contributed by atoms with Gasteiger partial charge in [0.05, 0.1) is 5.52 Å². The summed E-state index contributed by atoms with van der Waals surface area (Å²) in [4.78, 5) is 15.5. The monoisotopic (exact) mass is 351 g/mol. The first-order chi connectivity index (χ1) is 12.3. The van der Waals surface area contributed by atoms with Crippen molar-refractivity contribution in [2.75, 3.05) is 19.6 Å². The predicted octanol–water partition coefficient (Wildman–Crippen LogP) is 4.21. The van der Waals surface area contributed by atoms with E-state index < -0.39 is 0 Å². The molecule has 0 radical (unpaired) electrons. The average Bonchev–Trinajstić information content (AvgIpc) is 3.32. The van der Waals surface area contributed by atoms with Crippen molar-refractivity contribution in [3.05, 3.63) is 40.7 Å². The first kappa shape index (κ1) is 15.3. The third-order valence-electron chi connectivity index (χ3n) is 5.92. The third kappa shape index (κ3) is 2.71. The molecule has 0 aliphatic carbocycles. The van der Waals surface area contributed by atoms with Gasteiger partial charge in [-0.2, -0.15) is 16.4 Å². The topological polar surface area (TPSA) is 49.0 Å². The number of fused-ring (bicyclic) bond motifs is 4. The molecule has 3 aliphatic rings. The Labute approximate surface area is 150 Å². The van der Waals surface area contributed by atoms with Gasteiger partial charge in [0.15, 0.2) is 5.78 Å². The second kappa shape index (κ2) is 6.07. The fourth-order valence-corrected chi connectivity index (χ4v) is 5.15. The van der Waals surface area contributed by atoms with Gasteiger partial charge in [0, 0.05) is 18.4 Å². The fraction of sp³-hybridized carbons (Fsp3) is 0.400. The molecule has 0 unspecified atom stereocenters. The highest BCUT2D eigenvalue weighted by Gasteiger charge is 2.35. The highest BCUT2D eigenvalue weighted by molar-refractivity contribution is 7.08. The molecule has 3 aromatic rings. The molecule has 3 aliphatic heterocycles. The molecule has 4 nitrogen and oxygen atoms in total. The molecule has 3 fully saturated rings. The van der Waals surface area contributed by atoms with Crippen molar-refractivity contribution in [1.29, 1.82) is 0 Å². The molecule has 1 aromatic carbocycles. The number of H-pyrrole nitrogens is 1. The number of carbonyl (C=O) groups excluding carboxylic acids is 1. The summed E-state index contributed by atoms with van der Waals surface area (Å²) in [6.07, 6.45) is 3.13. The van der Waals surface area contributed by atoms with Crippen molar-refractivity contribution in [1.82, 2.24) is 15.1 Å². The number of hydrogen-bond donors (Lipinski definition) is 1. The lowest BCUT2D eigenvalue weighted by Crippen LogP contribution is -2.47. The Balaban J connectivity index is 1.44. The van der Waals surface area contributed by atoms with Crippen LogP contribution in [0.3, 0.4) is 0 Å². The van der Waals surface area contributed by atoms with Gasteiger partial charge in [0.25, 0.3) is 0 Å². The van der Waals surface area contributed by atoms with Gasteiger partial charge < -0.3 is 4.90 Å². The number of thiophene rings is 1. The minimum absolute atomic E-state index is 0.187. The van der Waals surface area contributed by atoms with Crippen molar-refractivity contribution in [2.24, 2.45) is 11.8 Å². The van der Waals surface area contributed by atoms with E-state index in [-0.39, 0.29) is 5.78 Å². The van der Waals surface area contributed by atoms with Crippen LogP contribution in [0.2, 0.25) is 0 Å². The van der Waals surface area contributed by atoms with Crippen LogP contribution in [0.4, 0.5) is 0 Å². The first-order valence-electron chi connectivity index (χ1n) is 9.04. The van der Waals surface area contributed by atoms with Crippen LogP contribution in [0.1, 0.15) is 29.8 Å². The van der Waals surface area contributed by atoms with Gasteiger partial charge in [-0.15, -0.1) is 0 Å². The maximum absolute atomic E-state index is 13.0. The summed E-state index contributed by atoms with van der Waals surface area (Å²) in [5.74, 6) is 1.41. The summed E-state index contributed by atoms with van der Waals surface area (Å²) in [6.45, 7) is 3.51. The molecule has 6 rings (SSSR count). The quantitative estimate of drug-likeness (QED) is 0.717. The fourth-order valence-electron chi connectivity index (χ4n) is 4.49. The Kier molecular flexibility index (Phi) is 3.71. The van der Waals surface area contributed by atoms with Gasteiger partial charge in [-0.3, -0.25) is 9.89 Å². The van der Waals surface area contributed by atoms with Crippen LogP contribution in [-0.2, 0) is 0 Å². The summed E-state index contributed by atoms with van der Waals surface area (Å²) < 4.78 is 0. The molecule has 5 heterocycles. The van der Waals surface area contributed by atoms with Crippen LogP contribution in [-0.4, -0.2) is 40.5 Å². The molecule has 2 aromatic heterocycles. The zero-order valence-electron chi connectivity index (χ0n) is 14.1. The number of rotatable bonds is 4. The second-order valence-corrected chi connectivity index (χ2v) is 8.15. The smallest absolute Gasteiger partial charge is 0.184 e. The number of aromatic amines is 1. The maximum Gasteiger partial charge on any atom is 0.184 e. The van der Waals surface area contributed by atoms with Crippen LogP contribution >= 0.6 is 11.3 Å². The molecule has 5 heteroatoms. The molecule has 2 bridgehead atoms. The van der Waals surface area contributed by atoms with E-state index in [2.05, 4.69) is 44.1 Å². The molecular formula is C20H21N3OS. The van der Waals surface area contributed by atoms with Crippen molar-refractivity contribution in [3.8, 4) is 11.1 Å². The summed E-state index contributed by atoms with van der Waals surface area (Å²) >= 11 is 1.69. The summed E-state index contributed by atoms with van der Waals surface area (Å²) in [5, 5.41) is 12.6. The number of ketones is 1. The Hall–Kier alpha value is -1.98. The van der Waals surface area contributed by atoms with Gasteiger partial charge in [-0.05, 0) is 77.9 Å². The molecule has 0 amide bonds. The van der Waals surface area contributed by atoms with E-state index in [4.69, 9.17) is 0 Å². The number of nitrogens with one attached hydrogen (secondary N) is 1. The number of piperidine rings is 3. The molecule has 1 N–H and O–H groups in total. The summed E-state index contributed by atoms with van der Waals surface area (Å²) in [5.41, 5.74) is 3.90. The highest BCUT2D eigenvalue weighted by atomic mass is 32.1. The van der Waals surface area contributed by atoms with Crippen molar-refractivity contribution in [3.63, 3.8) is 0 Å². The molecular weight excluding hydrogens is 330 g/mol. The van der Waals surface area contributed by atoms with E-state index in [1.54, 1.807) is 11.3 Å². The normalized spacial score (nSPS) is 25.5.